The van der Waals surface area contributed by atoms with Crippen LogP contribution in [-0.4, -0.2) is 68.9 Å². The molecule has 2 heterocycles. The highest BCUT2D eigenvalue weighted by atomic mass is 16.5. The molecule has 1 amide bonds. The van der Waals surface area contributed by atoms with Gasteiger partial charge < -0.3 is 20.1 Å². The molecule has 142 valence electrons. The summed E-state index contributed by atoms with van der Waals surface area (Å²) in [7, 11) is 2.93. The molecule has 0 fully saturated rings. The quantitative estimate of drug-likeness (QED) is 0.672. The summed E-state index contributed by atoms with van der Waals surface area (Å²) in [4.78, 5) is 27.5. The van der Waals surface area contributed by atoms with Gasteiger partial charge in [0.2, 0.25) is 5.82 Å². The van der Waals surface area contributed by atoms with E-state index in [0.29, 0.717) is 17.1 Å². The molecule has 0 atom stereocenters. The number of benzene rings is 1. The van der Waals surface area contributed by atoms with Crippen LogP contribution in [0, 0.1) is 6.92 Å². The summed E-state index contributed by atoms with van der Waals surface area (Å²) in [6.45, 7) is 1.89. The molecule has 10 nitrogen and oxygen atoms in total. The van der Waals surface area contributed by atoms with E-state index in [1.807, 2.05) is 19.1 Å². The molecule has 1 aliphatic heterocycles. The summed E-state index contributed by atoms with van der Waals surface area (Å²) in [5, 5.41) is 24.2. The van der Waals surface area contributed by atoms with E-state index < -0.39 is 5.97 Å². The van der Waals surface area contributed by atoms with Crippen molar-refractivity contribution >= 4 is 17.6 Å². The van der Waals surface area contributed by atoms with Gasteiger partial charge >= 0.3 is 5.97 Å². The highest BCUT2D eigenvalue weighted by molar-refractivity contribution is 6.08. The lowest BCUT2D eigenvalue weighted by Crippen LogP contribution is -2.31. The fraction of sp³-hybridized carbons (Fsp3) is 0.353. The van der Waals surface area contributed by atoms with Crippen molar-refractivity contribution in [2.24, 2.45) is 7.05 Å². The van der Waals surface area contributed by atoms with E-state index in [4.69, 9.17) is 9.84 Å². The van der Waals surface area contributed by atoms with Crippen LogP contribution in [0.3, 0.4) is 0 Å². The van der Waals surface area contributed by atoms with Crippen molar-refractivity contribution in [2.45, 2.75) is 6.92 Å². The number of esters is 1. The van der Waals surface area contributed by atoms with E-state index >= 15 is 0 Å². The number of aliphatic hydroxyl groups is 1. The fourth-order valence-corrected chi connectivity index (χ4v) is 2.78. The predicted molar refractivity (Wildman–Crippen MR) is 95.3 cm³/mol. The number of carbonyl (C=O) groups is 2. The maximum absolute atomic E-state index is 12.6. The number of nitrogens with one attached hydrogen (secondary N) is 1. The van der Waals surface area contributed by atoms with Crippen molar-refractivity contribution in [1.29, 1.82) is 0 Å². The van der Waals surface area contributed by atoms with Crippen molar-refractivity contribution in [2.75, 3.05) is 32.1 Å². The Balaban J connectivity index is 1.96. The first kappa shape index (κ1) is 18.5. The monoisotopic (exact) mass is 372 g/mol. The number of hydrogen-bond acceptors (Lipinski definition) is 8. The van der Waals surface area contributed by atoms with Crippen LogP contribution in [0.15, 0.2) is 29.5 Å². The van der Waals surface area contributed by atoms with Crippen LogP contribution < -0.4 is 5.32 Å². The predicted octanol–water partition coefficient (Wildman–Crippen LogP) is -0.141. The SMILES string of the molecule is COC(=O)C1=C(Nc2cc(-c3nnn(C)n3)ccc2C)C(=O)N(CCO)C1. The maximum atomic E-state index is 12.6. The van der Waals surface area contributed by atoms with Crippen LogP contribution in [0.1, 0.15) is 5.56 Å². The third-order valence-corrected chi connectivity index (χ3v) is 4.22. The van der Waals surface area contributed by atoms with E-state index in [1.165, 1.54) is 16.8 Å². The van der Waals surface area contributed by atoms with Gasteiger partial charge in [0.05, 0.1) is 32.9 Å². The molecule has 1 aliphatic rings. The largest absolute Gasteiger partial charge is 0.466 e. The Morgan fingerprint density at radius 3 is 2.81 bits per heavy atom. The van der Waals surface area contributed by atoms with Gasteiger partial charge in [-0.25, -0.2) is 4.79 Å². The number of tetrazole rings is 1. The van der Waals surface area contributed by atoms with Gasteiger partial charge in [0.1, 0.15) is 5.70 Å². The molecule has 0 saturated carbocycles. The molecule has 0 spiro atoms. The lowest BCUT2D eigenvalue weighted by atomic mass is 10.1. The van der Waals surface area contributed by atoms with Gasteiger partial charge in [-0.1, -0.05) is 12.1 Å². The zero-order valence-corrected chi connectivity index (χ0v) is 15.3. The fourth-order valence-electron chi connectivity index (χ4n) is 2.78. The van der Waals surface area contributed by atoms with Crippen molar-refractivity contribution < 1.29 is 19.4 Å². The van der Waals surface area contributed by atoms with Crippen molar-refractivity contribution in [1.82, 2.24) is 25.1 Å². The Morgan fingerprint density at radius 1 is 1.41 bits per heavy atom. The average molecular weight is 372 g/mol. The van der Waals surface area contributed by atoms with Crippen LogP contribution in [0.4, 0.5) is 5.69 Å². The Bertz CT molecular complexity index is 920. The van der Waals surface area contributed by atoms with Crippen molar-refractivity contribution in [3.8, 4) is 11.4 Å². The van der Waals surface area contributed by atoms with Crippen LogP contribution in [0.5, 0.6) is 0 Å². The second-order valence-electron chi connectivity index (χ2n) is 6.05. The number of β-amino-alcohol motifs (C(OH)–C–C–N with tert-alkyl or cyclic N) is 1. The third kappa shape index (κ3) is 3.65. The summed E-state index contributed by atoms with van der Waals surface area (Å²) >= 11 is 0. The second-order valence-corrected chi connectivity index (χ2v) is 6.05. The lowest BCUT2D eigenvalue weighted by molar-refractivity contribution is -0.136. The third-order valence-electron chi connectivity index (χ3n) is 4.22. The topological polar surface area (TPSA) is 122 Å². The minimum absolute atomic E-state index is 0.0822. The summed E-state index contributed by atoms with van der Waals surface area (Å²) in [5.41, 5.74) is 2.58. The van der Waals surface area contributed by atoms with Crippen molar-refractivity contribution in [3.05, 3.63) is 35.0 Å². The number of aliphatic hydroxyl groups excluding tert-OH is 1. The summed E-state index contributed by atoms with van der Waals surface area (Å²) in [6.07, 6.45) is 0. The number of amides is 1. The van der Waals surface area contributed by atoms with E-state index in [1.54, 1.807) is 13.1 Å². The average Bonchev–Trinajstić information content (AvgIpc) is 3.22. The number of aromatic nitrogens is 4. The van der Waals surface area contributed by atoms with Gasteiger partial charge in [0.15, 0.2) is 0 Å². The number of carbonyl (C=O) groups excluding carboxylic acids is 2. The number of aryl methyl sites for hydroxylation is 2. The van der Waals surface area contributed by atoms with E-state index in [0.717, 1.165) is 5.56 Å². The van der Waals surface area contributed by atoms with E-state index in [2.05, 4.69) is 20.7 Å². The first-order valence-corrected chi connectivity index (χ1v) is 8.28. The number of ether oxygens (including phenoxy) is 1. The van der Waals surface area contributed by atoms with Crippen LogP contribution in [-0.2, 0) is 21.4 Å². The summed E-state index contributed by atoms with van der Waals surface area (Å²) in [5.74, 6) is -0.509. The van der Waals surface area contributed by atoms with Crippen molar-refractivity contribution in [3.63, 3.8) is 0 Å². The smallest absolute Gasteiger partial charge is 0.337 e. The van der Waals surface area contributed by atoms with Crippen LogP contribution >= 0.6 is 0 Å². The van der Waals surface area contributed by atoms with Gasteiger partial charge in [-0.05, 0) is 23.8 Å². The molecular weight excluding hydrogens is 352 g/mol. The van der Waals surface area contributed by atoms with Crippen LogP contribution in [0.25, 0.3) is 11.4 Å². The number of nitrogens with zero attached hydrogens (tertiary/aromatic N) is 5. The Kier molecular flexibility index (Phi) is 5.17. The zero-order chi connectivity index (χ0) is 19.6. The second kappa shape index (κ2) is 7.54. The van der Waals surface area contributed by atoms with Crippen LogP contribution in [0.2, 0.25) is 0 Å². The first-order valence-electron chi connectivity index (χ1n) is 8.28. The molecule has 1 aromatic carbocycles. The molecule has 0 saturated heterocycles. The molecule has 3 rings (SSSR count). The molecule has 27 heavy (non-hydrogen) atoms. The minimum Gasteiger partial charge on any atom is -0.466 e. The lowest BCUT2D eigenvalue weighted by Gasteiger charge is -2.15. The minimum atomic E-state index is -0.587. The summed E-state index contributed by atoms with van der Waals surface area (Å²) < 4.78 is 4.79. The number of methoxy groups -OCH3 is 1. The molecule has 0 unspecified atom stereocenters. The molecule has 10 heteroatoms. The number of hydrogen-bond donors (Lipinski definition) is 2. The zero-order valence-electron chi connectivity index (χ0n) is 15.3. The van der Waals surface area contributed by atoms with Gasteiger partial charge in [0.25, 0.3) is 5.91 Å². The molecule has 2 aromatic rings. The standard InChI is InChI=1S/C17H20N6O4/c1-10-4-5-11(15-19-21-22(2)20-15)8-13(10)18-14-12(17(26)27-3)9-23(6-7-24)16(14)25/h4-5,8,18,24H,6-7,9H2,1-3H3. The molecule has 0 aliphatic carbocycles. The molecule has 0 bridgehead atoms. The van der Waals surface area contributed by atoms with Gasteiger partial charge in [0, 0.05) is 17.8 Å². The molecular formula is C17H20N6O4. The first-order chi connectivity index (χ1) is 12.9. The normalized spacial score (nSPS) is 14.1. The van der Waals surface area contributed by atoms with Gasteiger partial charge in [-0.2, -0.15) is 4.80 Å². The van der Waals surface area contributed by atoms with Gasteiger partial charge in [-0.15, -0.1) is 10.2 Å². The molecule has 1 aromatic heterocycles. The summed E-state index contributed by atoms with van der Waals surface area (Å²) in [6, 6.07) is 5.50. The van der Waals surface area contributed by atoms with E-state index in [9.17, 15) is 9.59 Å². The Hall–Kier alpha value is -3.27. The molecule has 2 N–H and O–H groups in total. The highest BCUT2D eigenvalue weighted by Crippen LogP contribution is 2.27. The number of anilines is 1. The van der Waals surface area contributed by atoms with Gasteiger partial charge in [-0.3, -0.25) is 4.79 Å². The van der Waals surface area contributed by atoms with E-state index in [-0.39, 0.29) is 36.9 Å². The number of rotatable bonds is 6. The Morgan fingerprint density at radius 2 is 2.19 bits per heavy atom. The highest BCUT2D eigenvalue weighted by Gasteiger charge is 2.34. The Labute approximate surface area is 155 Å². The maximum Gasteiger partial charge on any atom is 0.337 e. The molecule has 0 radical (unpaired) electrons.